The van der Waals surface area contributed by atoms with Crippen molar-refractivity contribution < 1.29 is 9.53 Å². The maximum Gasteiger partial charge on any atom is 0.248 e. The molecule has 0 heterocycles. The van der Waals surface area contributed by atoms with Gasteiger partial charge in [-0.15, -0.1) is 0 Å². The Morgan fingerprint density at radius 3 is 2.76 bits per heavy atom. The number of hydrogen-bond acceptors (Lipinski definition) is 3. The number of carbonyl (C=O) groups excluding carboxylic acids is 1. The number of benzene rings is 2. The number of nitrogens with one attached hydrogen (secondary N) is 1. The lowest BCUT2D eigenvalue weighted by Crippen LogP contribution is -2.07. The minimum Gasteiger partial charge on any atom is -0.495 e. The number of nitrogen functional groups attached to an aromatic ring is 1. The molecule has 5 heteroatoms. The summed E-state index contributed by atoms with van der Waals surface area (Å²) in [6, 6.07) is 12.3. The van der Waals surface area contributed by atoms with Gasteiger partial charge in [-0.05, 0) is 42.0 Å². The molecule has 2 rings (SSSR count). The van der Waals surface area contributed by atoms with Crippen molar-refractivity contribution in [1.29, 1.82) is 0 Å². The van der Waals surface area contributed by atoms with Gasteiger partial charge in [-0.2, -0.15) is 0 Å². The Kier molecular flexibility index (Phi) is 4.85. The monoisotopic (exact) mass is 302 g/mol. The van der Waals surface area contributed by atoms with Crippen molar-refractivity contribution in [3.63, 3.8) is 0 Å². The molecule has 4 nitrogen and oxygen atoms in total. The number of rotatable bonds is 4. The van der Waals surface area contributed by atoms with Crippen LogP contribution in [0.15, 0.2) is 48.5 Å². The molecular formula is C16H15ClN2O2. The minimum absolute atomic E-state index is 0.251. The van der Waals surface area contributed by atoms with Gasteiger partial charge in [0, 0.05) is 17.5 Å². The first kappa shape index (κ1) is 14.9. The highest BCUT2D eigenvalue weighted by Gasteiger charge is 2.03. The SMILES string of the molecule is COc1ccc(NC(=O)/C=C/c2cccc(N)c2)cc1Cl. The Balaban J connectivity index is 2.03. The van der Waals surface area contributed by atoms with Gasteiger partial charge in [0.2, 0.25) is 5.91 Å². The number of halogens is 1. The van der Waals surface area contributed by atoms with Gasteiger partial charge in [-0.1, -0.05) is 23.7 Å². The molecule has 0 bridgehead atoms. The van der Waals surface area contributed by atoms with Crippen molar-refractivity contribution >= 4 is 35.0 Å². The van der Waals surface area contributed by atoms with Gasteiger partial charge in [0.1, 0.15) is 5.75 Å². The summed E-state index contributed by atoms with van der Waals surface area (Å²) in [5, 5.41) is 3.16. The molecule has 21 heavy (non-hydrogen) atoms. The van der Waals surface area contributed by atoms with Crippen LogP contribution in [0.4, 0.5) is 11.4 Å². The second-order valence-corrected chi connectivity index (χ2v) is 4.75. The van der Waals surface area contributed by atoms with Gasteiger partial charge in [-0.3, -0.25) is 4.79 Å². The van der Waals surface area contributed by atoms with Crippen LogP contribution < -0.4 is 15.8 Å². The number of ether oxygens (including phenoxy) is 1. The first-order chi connectivity index (χ1) is 10.1. The smallest absolute Gasteiger partial charge is 0.248 e. The van der Waals surface area contributed by atoms with Crippen molar-refractivity contribution in [1.82, 2.24) is 0 Å². The summed E-state index contributed by atoms with van der Waals surface area (Å²) in [5.74, 6) is 0.309. The lowest BCUT2D eigenvalue weighted by molar-refractivity contribution is -0.111. The van der Waals surface area contributed by atoms with E-state index in [1.807, 2.05) is 12.1 Å². The Morgan fingerprint density at radius 1 is 1.29 bits per heavy atom. The fourth-order valence-corrected chi connectivity index (χ4v) is 2.02. The van der Waals surface area contributed by atoms with Crippen LogP contribution in [0.1, 0.15) is 5.56 Å². The fraction of sp³-hybridized carbons (Fsp3) is 0.0625. The molecule has 2 aromatic carbocycles. The van der Waals surface area contributed by atoms with Crippen molar-refractivity contribution in [2.24, 2.45) is 0 Å². The van der Waals surface area contributed by atoms with E-state index in [2.05, 4.69) is 5.32 Å². The number of amides is 1. The number of anilines is 2. The number of carbonyl (C=O) groups is 1. The molecule has 0 fully saturated rings. The molecule has 0 saturated heterocycles. The average Bonchev–Trinajstić information content (AvgIpc) is 2.45. The van der Waals surface area contributed by atoms with E-state index in [0.717, 1.165) is 5.56 Å². The Morgan fingerprint density at radius 2 is 2.10 bits per heavy atom. The summed E-state index contributed by atoms with van der Waals surface area (Å²) in [6.07, 6.45) is 3.13. The summed E-state index contributed by atoms with van der Waals surface area (Å²) in [7, 11) is 1.54. The van der Waals surface area contributed by atoms with E-state index in [4.69, 9.17) is 22.1 Å². The van der Waals surface area contributed by atoms with Gasteiger partial charge >= 0.3 is 0 Å². The highest BCUT2D eigenvalue weighted by Crippen LogP contribution is 2.27. The van der Waals surface area contributed by atoms with E-state index < -0.39 is 0 Å². The van der Waals surface area contributed by atoms with Crippen molar-refractivity contribution in [2.75, 3.05) is 18.2 Å². The van der Waals surface area contributed by atoms with E-state index in [0.29, 0.717) is 22.1 Å². The zero-order valence-electron chi connectivity index (χ0n) is 11.5. The maximum atomic E-state index is 11.8. The van der Waals surface area contributed by atoms with Crippen LogP contribution in [0, 0.1) is 0 Å². The predicted molar refractivity (Wildman–Crippen MR) is 86.5 cm³/mol. The largest absolute Gasteiger partial charge is 0.495 e. The van der Waals surface area contributed by atoms with Crippen LogP contribution in [0.3, 0.4) is 0 Å². The number of hydrogen-bond donors (Lipinski definition) is 2. The molecule has 0 aliphatic heterocycles. The third-order valence-corrected chi connectivity index (χ3v) is 3.05. The molecule has 0 spiro atoms. The molecule has 0 aliphatic rings. The summed E-state index contributed by atoms with van der Waals surface area (Å²) in [4.78, 5) is 11.8. The molecule has 0 aliphatic carbocycles. The Labute approximate surface area is 128 Å². The van der Waals surface area contributed by atoms with Crippen LogP contribution in [0.25, 0.3) is 6.08 Å². The lowest BCUT2D eigenvalue weighted by atomic mass is 10.2. The van der Waals surface area contributed by atoms with Crippen molar-refractivity contribution in [2.45, 2.75) is 0 Å². The van der Waals surface area contributed by atoms with Crippen LogP contribution in [0.2, 0.25) is 5.02 Å². The molecule has 0 atom stereocenters. The van der Waals surface area contributed by atoms with Crippen LogP contribution >= 0.6 is 11.6 Å². The number of methoxy groups -OCH3 is 1. The number of nitrogens with two attached hydrogens (primary N) is 1. The second-order valence-electron chi connectivity index (χ2n) is 4.34. The fourth-order valence-electron chi connectivity index (χ4n) is 1.76. The van der Waals surface area contributed by atoms with Gasteiger partial charge in [0.05, 0.1) is 12.1 Å². The molecule has 3 N–H and O–H groups in total. The topological polar surface area (TPSA) is 64.3 Å². The van der Waals surface area contributed by atoms with E-state index in [-0.39, 0.29) is 5.91 Å². The van der Waals surface area contributed by atoms with E-state index >= 15 is 0 Å². The molecule has 2 aromatic rings. The van der Waals surface area contributed by atoms with E-state index in [1.54, 1.807) is 36.4 Å². The Bertz CT molecular complexity index is 684. The highest BCUT2D eigenvalue weighted by molar-refractivity contribution is 6.32. The van der Waals surface area contributed by atoms with Crippen molar-refractivity contribution in [3.8, 4) is 5.75 Å². The summed E-state index contributed by atoms with van der Waals surface area (Å²) >= 11 is 6.00. The van der Waals surface area contributed by atoms with E-state index in [9.17, 15) is 4.79 Å². The molecule has 0 saturated carbocycles. The van der Waals surface area contributed by atoms with E-state index in [1.165, 1.54) is 13.2 Å². The summed E-state index contributed by atoms with van der Waals surface area (Å²) in [6.45, 7) is 0. The molecule has 0 radical (unpaired) electrons. The maximum absolute atomic E-state index is 11.8. The second kappa shape index (κ2) is 6.81. The first-order valence-corrected chi connectivity index (χ1v) is 6.64. The van der Waals surface area contributed by atoms with Gasteiger partial charge in [-0.25, -0.2) is 0 Å². The third-order valence-electron chi connectivity index (χ3n) is 2.76. The van der Waals surface area contributed by atoms with Gasteiger partial charge < -0.3 is 15.8 Å². The first-order valence-electron chi connectivity index (χ1n) is 6.26. The minimum atomic E-state index is -0.251. The van der Waals surface area contributed by atoms with Crippen molar-refractivity contribution in [3.05, 3.63) is 59.1 Å². The molecular weight excluding hydrogens is 288 g/mol. The zero-order valence-corrected chi connectivity index (χ0v) is 12.2. The molecule has 0 unspecified atom stereocenters. The quantitative estimate of drug-likeness (QED) is 0.670. The Hall–Kier alpha value is -2.46. The van der Waals surface area contributed by atoms with Crippen LogP contribution in [0.5, 0.6) is 5.75 Å². The average molecular weight is 303 g/mol. The lowest BCUT2D eigenvalue weighted by Gasteiger charge is -2.06. The summed E-state index contributed by atoms with van der Waals surface area (Å²) < 4.78 is 5.05. The van der Waals surface area contributed by atoms with Gasteiger partial charge in [0.25, 0.3) is 0 Å². The zero-order chi connectivity index (χ0) is 15.2. The third kappa shape index (κ3) is 4.26. The summed E-state index contributed by atoms with van der Waals surface area (Å²) in [5.41, 5.74) is 7.78. The predicted octanol–water partition coefficient (Wildman–Crippen LogP) is 3.58. The van der Waals surface area contributed by atoms with Gasteiger partial charge in [0.15, 0.2) is 0 Å². The molecule has 108 valence electrons. The van der Waals surface area contributed by atoms with Crippen LogP contribution in [-0.2, 0) is 4.79 Å². The molecule has 0 aromatic heterocycles. The van der Waals surface area contributed by atoms with Crippen LogP contribution in [-0.4, -0.2) is 13.0 Å². The highest BCUT2D eigenvalue weighted by atomic mass is 35.5. The molecule has 1 amide bonds. The standard InChI is InChI=1S/C16H15ClN2O2/c1-21-15-7-6-13(10-14(15)17)19-16(20)8-5-11-3-2-4-12(18)9-11/h2-10H,18H2,1H3,(H,19,20)/b8-5+. The normalized spacial score (nSPS) is 10.6.